The Morgan fingerprint density at radius 1 is 1.33 bits per heavy atom. The monoisotopic (exact) mass is 292 g/mol. The van der Waals surface area contributed by atoms with Gasteiger partial charge in [0.05, 0.1) is 6.04 Å². The van der Waals surface area contributed by atoms with Gasteiger partial charge in [-0.05, 0) is 26.2 Å². The quantitative estimate of drug-likeness (QED) is 0.793. The fourth-order valence-electron chi connectivity index (χ4n) is 2.57. The van der Waals surface area contributed by atoms with Gasteiger partial charge in [-0.1, -0.05) is 20.8 Å². The zero-order chi connectivity index (χ0) is 15.8. The lowest BCUT2D eigenvalue weighted by molar-refractivity contribution is -0.150. The molecule has 0 radical (unpaired) electrons. The number of hydrogen-bond donors (Lipinski definition) is 0. The molecule has 1 atom stereocenters. The topological polar surface area (TPSA) is 68.1 Å². The van der Waals surface area contributed by atoms with Crippen molar-refractivity contribution in [2.24, 2.45) is 12.5 Å². The van der Waals surface area contributed by atoms with Crippen molar-refractivity contribution < 1.29 is 9.59 Å². The van der Waals surface area contributed by atoms with Crippen LogP contribution in [0.1, 0.15) is 57.7 Å². The molecular weight excluding hydrogens is 268 g/mol. The van der Waals surface area contributed by atoms with Crippen LogP contribution in [0.25, 0.3) is 0 Å². The summed E-state index contributed by atoms with van der Waals surface area (Å²) in [4.78, 5) is 26.7. The highest BCUT2D eigenvalue weighted by atomic mass is 16.2. The number of aromatic nitrogens is 3. The van der Waals surface area contributed by atoms with E-state index in [1.807, 2.05) is 39.3 Å². The second kappa shape index (κ2) is 5.58. The first kappa shape index (κ1) is 15.7. The molecule has 0 spiro atoms. The molecule has 1 amide bonds. The summed E-state index contributed by atoms with van der Waals surface area (Å²) in [7, 11) is 1.89. The average molecular weight is 292 g/mol. The molecule has 1 aromatic rings. The van der Waals surface area contributed by atoms with E-state index in [-0.39, 0.29) is 17.7 Å². The van der Waals surface area contributed by atoms with Gasteiger partial charge in [0.1, 0.15) is 5.82 Å². The van der Waals surface area contributed by atoms with E-state index in [1.165, 1.54) is 0 Å². The van der Waals surface area contributed by atoms with E-state index >= 15 is 0 Å². The van der Waals surface area contributed by atoms with Gasteiger partial charge in [-0.3, -0.25) is 9.59 Å². The van der Waals surface area contributed by atoms with Gasteiger partial charge < -0.3 is 9.47 Å². The van der Waals surface area contributed by atoms with Gasteiger partial charge in [-0.2, -0.15) is 0 Å². The van der Waals surface area contributed by atoms with E-state index < -0.39 is 5.41 Å². The Bertz CT molecular complexity index is 562. The summed E-state index contributed by atoms with van der Waals surface area (Å²) in [5.41, 5.74) is -0.611. The van der Waals surface area contributed by atoms with Crippen molar-refractivity contribution in [2.75, 3.05) is 6.54 Å². The molecule has 1 fully saturated rings. The number of amides is 1. The van der Waals surface area contributed by atoms with Crippen LogP contribution < -0.4 is 0 Å². The second-order valence-electron chi connectivity index (χ2n) is 6.39. The molecule has 1 aromatic heterocycles. The third-order valence-electron chi connectivity index (χ3n) is 4.63. The third-order valence-corrected chi connectivity index (χ3v) is 4.63. The lowest BCUT2D eigenvalue weighted by Gasteiger charge is -2.27. The SMILES string of the molecule is CCC(C)(C)C(=O)C(=O)N1CCCC1c1nnc(C)n1C. The number of hydrogen-bond acceptors (Lipinski definition) is 4. The van der Waals surface area contributed by atoms with Gasteiger partial charge in [-0.15, -0.1) is 10.2 Å². The van der Waals surface area contributed by atoms with Crippen LogP contribution in [-0.4, -0.2) is 37.9 Å². The van der Waals surface area contributed by atoms with Crippen LogP contribution in [0.15, 0.2) is 0 Å². The Balaban J connectivity index is 2.25. The molecule has 1 aliphatic rings. The van der Waals surface area contributed by atoms with E-state index in [4.69, 9.17) is 0 Å². The molecule has 21 heavy (non-hydrogen) atoms. The van der Waals surface area contributed by atoms with Gasteiger partial charge in [0.2, 0.25) is 5.78 Å². The maximum Gasteiger partial charge on any atom is 0.291 e. The summed E-state index contributed by atoms with van der Waals surface area (Å²) in [5.74, 6) is 0.880. The predicted molar refractivity (Wildman–Crippen MR) is 78.5 cm³/mol. The lowest BCUT2D eigenvalue weighted by Crippen LogP contribution is -2.42. The first-order valence-electron chi connectivity index (χ1n) is 7.51. The molecule has 6 heteroatoms. The molecule has 0 bridgehead atoms. The Morgan fingerprint density at radius 3 is 2.52 bits per heavy atom. The Kier molecular flexibility index (Phi) is 4.16. The first-order chi connectivity index (χ1) is 9.79. The van der Waals surface area contributed by atoms with Gasteiger partial charge >= 0.3 is 0 Å². The molecule has 0 aromatic carbocycles. The van der Waals surface area contributed by atoms with E-state index in [2.05, 4.69) is 10.2 Å². The minimum absolute atomic E-state index is 0.139. The maximum atomic E-state index is 12.6. The molecule has 6 nitrogen and oxygen atoms in total. The number of nitrogens with zero attached hydrogens (tertiary/aromatic N) is 4. The van der Waals surface area contributed by atoms with E-state index in [0.717, 1.165) is 24.5 Å². The number of aryl methyl sites for hydroxylation is 1. The average Bonchev–Trinajstić information content (AvgIpc) is 3.05. The summed E-state index contributed by atoms with van der Waals surface area (Å²) >= 11 is 0. The van der Waals surface area contributed by atoms with Crippen molar-refractivity contribution in [3.63, 3.8) is 0 Å². The molecule has 1 unspecified atom stereocenters. The summed E-state index contributed by atoms with van der Waals surface area (Å²) in [6.45, 7) is 8.07. The Hall–Kier alpha value is -1.72. The van der Waals surface area contributed by atoms with Gasteiger partial charge in [-0.25, -0.2) is 0 Å². The lowest BCUT2D eigenvalue weighted by atomic mass is 9.84. The van der Waals surface area contributed by atoms with Crippen LogP contribution in [0.2, 0.25) is 0 Å². The molecule has 2 rings (SSSR count). The summed E-state index contributed by atoms with van der Waals surface area (Å²) in [5, 5.41) is 8.23. The predicted octanol–water partition coefficient (Wildman–Crippen LogP) is 1.79. The molecule has 0 N–H and O–H groups in total. The third kappa shape index (κ3) is 2.71. The largest absolute Gasteiger partial charge is 0.326 e. The molecule has 0 aliphatic carbocycles. The van der Waals surface area contributed by atoms with Crippen LogP contribution in [0.3, 0.4) is 0 Å². The van der Waals surface area contributed by atoms with E-state index in [9.17, 15) is 9.59 Å². The standard InChI is InChI=1S/C15H24N4O2/c1-6-15(3,4)12(20)14(21)19-9-7-8-11(19)13-17-16-10(2)18(13)5/h11H,6-9H2,1-5H3. The van der Waals surface area contributed by atoms with Crippen molar-refractivity contribution >= 4 is 11.7 Å². The highest BCUT2D eigenvalue weighted by Crippen LogP contribution is 2.33. The smallest absolute Gasteiger partial charge is 0.291 e. The van der Waals surface area contributed by atoms with E-state index in [0.29, 0.717) is 13.0 Å². The number of Topliss-reactive ketones (excluding diaryl/α,β-unsaturated/α-hetero) is 1. The Labute approximate surface area is 125 Å². The van der Waals surface area contributed by atoms with Crippen LogP contribution in [-0.2, 0) is 16.6 Å². The number of ketones is 1. The Morgan fingerprint density at radius 2 is 2.00 bits per heavy atom. The molecule has 116 valence electrons. The zero-order valence-corrected chi connectivity index (χ0v) is 13.5. The normalized spacial score (nSPS) is 19.1. The van der Waals surface area contributed by atoms with Gasteiger partial charge in [0.25, 0.3) is 5.91 Å². The molecule has 0 saturated carbocycles. The van der Waals surface area contributed by atoms with Crippen molar-refractivity contribution in [3.05, 3.63) is 11.6 Å². The highest BCUT2D eigenvalue weighted by molar-refractivity contribution is 6.38. The summed E-state index contributed by atoms with van der Waals surface area (Å²) in [6, 6.07) is -0.139. The van der Waals surface area contributed by atoms with Gasteiger partial charge in [0.15, 0.2) is 5.82 Å². The van der Waals surface area contributed by atoms with Crippen LogP contribution >= 0.6 is 0 Å². The van der Waals surface area contributed by atoms with Crippen molar-refractivity contribution in [1.29, 1.82) is 0 Å². The van der Waals surface area contributed by atoms with Crippen molar-refractivity contribution in [2.45, 2.75) is 53.0 Å². The molecule has 1 saturated heterocycles. The van der Waals surface area contributed by atoms with E-state index in [1.54, 1.807) is 4.90 Å². The van der Waals surface area contributed by atoms with Crippen molar-refractivity contribution in [1.82, 2.24) is 19.7 Å². The maximum absolute atomic E-state index is 12.6. The zero-order valence-electron chi connectivity index (χ0n) is 13.5. The van der Waals surface area contributed by atoms with Crippen LogP contribution in [0, 0.1) is 12.3 Å². The fourth-order valence-corrected chi connectivity index (χ4v) is 2.57. The molecule has 1 aliphatic heterocycles. The highest BCUT2D eigenvalue weighted by Gasteiger charge is 2.40. The van der Waals surface area contributed by atoms with Crippen molar-refractivity contribution in [3.8, 4) is 0 Å². The molecule has 2 heterocycles. The number of rotatable bonds is 4. The molecular formula is C15H24N4O2. The number of likely N-dealkylation sites (tertiary alicyclic amines) is 1. The first-order valence-corrected chi connectivity index (χ1v) is 7.51. The fraction of sp³-hybridized carbons (Fsp3) is 0.733. The number of carbonyl (C=O) groups excluding carboxylic acids is 2. The summed E-state index contributed by atoms with van der Waals surface area (Å²) in [6.07, 6.45) is 2.37. The van der Waals surface area contributed by atoms with Gasteiger partial charge in [0, 0.05) is 19.0 Å². The minimum atomic E-state index is -0.611. The van der Waals surface area contributed by atoms with Crippen LogP contribution in [0.4, 0.5) is 0 Å². The minimum Gasteiger partial charge on any atom is -0.326 e. The second-order valence-corrected chi connectivity index (χ2v) is 6.39. The van der Waals surface area contributed by atoms with Crippen LogP contribution in [0.5, 0.6) is 0 Å². The number of carbonyl (C=O) groups is 2. The summed E-state index contributed by atoms with van der Waals surface area (Å²) < 4.78 is 1.89.